The van der Waals surface area contributed by atoms with Gasteiger partial charge in [0.05, 0.1) is 13.7 Å². The molecule has 1 atom stereocenters. The number of likely N-dealkylation sites (N-methyl/N-ethyl adjacent to an activating group) is 1. The van der Waals surface area contributed by atoms with E-state index < -0.39 is 0 Å². The Kier molecular flexibility index (Phi) is 8.46. The molecular formula is C17H28N4O3. The van der Waals surface area contributed by atoms with Crippen molar-refractivity contribution in [3.8, 4) is 11.5 Å². The minimum absolute atomic E-state index is 0.0483. The molecule has 1 amide bonds. The first-order valence-corrected chi connectivity index (χ1v) is 7.99. The van der Waals surface area contributed by atoms with Gasteiger partial charge in [0, 0.05) is 26.7 Å². The topological polar surface area (TPSA) is 75.2 Å². The fourth-order valence-corrected chi connectivity index (χ4v) is 1.82. The third kappa shape index (κ3) is 7.21. The summed E-state index contributed by atoms with van der Waals surface area (Å²) in [5.41, 5.74) is 0. The van der Waals surface area contributed by atoms with E-state index in [4.69, 9.17) is 9.47 Å². The van der Waals surface area contributed by atoms with Crippen molar-refractivity contribution in [3.05, 3.63) is 24.3 Å². The van der Waals surface area contributed by atoms with Crippen molar-refractivity contribution >= 4 is 11.9 Å². The molecule has 7 heteroatoms. The number of ether oxygens (including phenoxy) is 2. The Morgan fingerprint density at radius 3 is 2.62 bits per heavy atom. The van der Waals surface area contributed by atoms with Gasteiger partial charge in [0.1, 0.15) is 24.1 Å². The van der Waals surface area contributed by atoms with E-state index in [1.165, 1.54) is 4.90 Å². The van der Waals surface area contributed by atoms with Crippen LogP contribution in [0.2, 0.25) is 0 Å². The molecule has 134 valence electrons. The Balaban J connectivity index is 2.52. The number of nitrogens with one attached hydrogen (secondary N) is 2. The molecule has 0 aliphatic rings. The number of methoxy groups -OCH3 is 1. The molecule has 0 radical (unpaired) electrons. The SMILES string of the molecule is CCNC(=NCC(=O)N(C)C)NCC(C)Oc1cccc(OC)c1. The number of carbonyl (C=O) groups excluding carboxylic acids is 1. The quantitative estimate of drug-likeness (QED) is 0.549. The third-order valence-electron chi connectivity index (χ3n) is 3.15. The van der Waals surface area contributed by atoms with Crippen LogP contribution < -0.4 is 20.1 Å². The highest BCUT2D eigenvalue weighted by Crippen LogP contribution is 2.19. The molecule has 0 aliphatic heterocycles. The first-order chi connectivity index (χ1) is 11.5. The number of hydrogen-bond donors (Lipinski definition) is 2. The van der Waals surface area contributed by atoms with Crippen LogP contribution in [0.1, 0.15) is 13.8 Å². The van der Waals surface area contributed by atoms with E-state index in [1.54, 1.807) is 21.2 Å². The molecular weight excluding hydrogens is 308 g/mol. The van der Waals surface area contributed by atoms with Crippen LogP contribution in [0.25, 0.3) is 0 Å². The third-order valence-corrected chi connectivity index (χ3v) is 3.15. The highest BCUT2D eigenvalue weighted by molar-refractivity contribution is 5.84. The van der Waals surface area contributed by atoms with Crippen molar-refractivity contribution in [1.29, 1.82) is 0 Å². The summed E-state index contributed by atoms with van der Waals surface area (Å²) in [5.74, 6) is 2.04. The van der Waals surface area contributed by atoms with Crippen molar-refractivity contribution in [2.75, 3.05) is 40.8 Å². The average Bonchev–Trinajstić information content (AvgIpc) is 2.57. The maximum atomic E-state index is 11.6. The van der Waals surface area contributed by atoms with Crippen LogP contribution >= 0.6 is 0 Å². The largest absolute Gasteiger partial charge is 0.497 e. The normalized spacial score (nSPS) is 12.3. The number of rotatable bonds is 8. The molecule has 0 spiro atoms. The summed E-state index contributed by atoms with van der Waals surface area (Å²) in [6.45, 7) is 5.31. The van der Waals surface area contributed by atoms with Gasteiger partial charge in [-0.1, -0.05) is 6.07 Å². The van der Waals surface area contributed by atoms with Crippen molar-refractivity contribution in [2.24, 2.45) is 4.99 Å². The summed E-state index contributed by atoms with van der Waals surface area (Å²) in [6, 6.07) is 7.47. The zero-order valence-corrected chi connectivity index (χ0v) is 15.1. The minimum Gasteiger partial charge on any atom is -0.497 e. The number of guanidine groups is 1. The van der Waals surface area contributed by atoms with E-state index in [1.807, 2.05) is 38.1 Å². The molecule has 1 aromatic carbocycles. The Bertz CT molecular complexity index is 546. The molecule has 2 N–H and O–H groups in total. The lowest BCUT2D eigenvalue weighted by Gasteiger charge is -2.18. The van der Waals surface area contributed by atoms with Crippen molar-refractivity contribution in [2.45, 2.75) is 20.0 Å². The zero-order chi connectivity index (χ0) is 17.9. The standard InChI is InChI=1S/C17H28N4O3/c1-6-18-17(20-12-16(22)21(3)4)19-11-13(2)24-15-9-7-8-14(10-15)23-5/h7-10,13H,6,11-12H2,1-5H3,(H2,18,19,20). The monoisotopic (exact) mass is 336 g/mol. The second kappa shape index (κ2) is 10.4. The molecule has 0 bridgehead atoms. The number of hydrogen-bond acceptors (Lipinski definition) is 4. The number of benzene rings is 1. The van der Waals surface area contributed by atoms with Gasteiger partial charge in [0.2, 0.25) is 5.91 Å². The van der Waals surface area contributed by atoms with Gasteiger partial charge in [-0.2, -0.15) is 0 Å². The van der Waals surface area contributed by atoms with Crippen LogP contribution in [0, 0.1) is 0 Å². The van der Waals surface area contributed by atoms with Gasteiger partial charge < -0.3 is 25.0 Å². The number of amides is 1. The van der Waals surface area contributed by atoms with Crippen LogP contribution in [0.15, 0.2) is 29.3 Å². The second-order valence-electron chi connectivity index (χ2n) is 5.47. The molecule has 0 fully saturated rings. The van der Waals surface area contributed by atoms with E-state index in [9.17, 15) is 4.79 Å². The predicted octanol–water partition coefficient (Wildman–Crippen LogP) is 1.11. The fraction of sp³-hybridized carbons (Fsp3) is 0.529. The van der Waals surface area contributed by atoms with Gasteiger partial charge in [0.25, 0.3) is 0 Å². The molecule has 0 saturated carbocycles. The number of carbonyl (C=O) groups is 1. The smallest absolute Gasteiger partial charge is 0.243 e. The summed E-state index contributed by atoms with van der Waals surface area (Å²) in [4.78, 5) is 17.4. The maximum absolute atomic E-state index is 11.6. The minimum atomic E-state index is -0.0782. The molecule has 0 saturated heterocycles. The second-order valence-corrected chi connectivity index (χ2v) is 5.47. The van der Waals surface area contributed by atoms with E-state index in [2.05, 4.69) is 15.6 Å². The van der Waals surface area contributed by atoms with Crippen LogP contribution in [0.3, 0.4) is 0 Å². The summed E-state index contributed by atoms with van der Waals surface area (Å²) < 4.78 is 11.0. The molecule has 0 aromatic heterocycles. The lowest BCUT2D eigenvalue weighted by atomic mass is 10.3. The molecule has 1 unspecified atom stereocenters. The first-order valence-electron chi connectivity index (χ1n) is 7.99. The van der Waals surface area contributed by atoms with Crippen LogP contribution in [-0.2, 0) is 4.79 Å². The van der Waals surface area contributed by atoms with Gasteiger partial charge in [-0.25, -0.2) is 4.99 Å². The Labute approximate surface area is 144 Å². The summed E-state index contributed by atoms with van der Waals surface area (Å²) in [6.07, 6.45) is -0.0782. The fourth-order valence-electron chi connectivity index (χ4n) is 1.82. The van der Waals surface area contributed by atoms with E-state index >= 15 is 0 Å². The van der Waals surface area contributed by atoms with E-state index in [0.717, 1.165) is 11.5 Å². The van der Waals surface area contributed by atoms with Gasteiger partial charge in [0.15, 0.2) is 5.96 Å². The van der Waals surface area contributed by atoms with Crippen LogP contribution in [-0.4, -0.2) is 63.7 Å². The first kappa shape index (κ1) is 19.6. The summed E-state index contributed by atoms with van der Waals surface area (Å²) in [7, 11) is 5.04. The number of aliphatic imine (C=N–C) groups is 1. The highest BCUT2D eigenvalue weighted by atomic mass is 16.5. The highest BCUT2D eigenvalue weighted by Gasteiger charge is 2.08. The maximum Gasteiger partial charge on any atom is 0.243 e. The molecule has 0 heterocycles. The van der Waals surface area contributed by atoms with E-state index in [-0.39, 0.29) is 18.6 Å². The Morgan fingerprint density at radius 2 is 2.00 bits per heavy atom. The Morgan fingerprint density at radius 1 is 1.29 bits per heavy atom. The molecule has 24 heavy (non-hydrogen) atoms. The van der Waals surface area contributed by atoms with Gasteiger partial charge in [-0.3, -0.25) is 4.79 Å². The zero-order valence-electron chi connectivity index (χ0n) is 15.1. The molecule has 1 rings (SSSR count). The van der Waals surface area contributed by atoms with Crippen LogP contribution in [0.4, 0.5) is 0 Å². The molecule has 7 nitrogen and oxygen atoms in total. The van der Waals surface area contributed by atoms with Gasteiger partial charge in [-0.15, -0.1) is 0 Å². The predicted molar refractivity (Wildman–Crippen MR) is 95.8 cm³/mol. The molecule has 0 aliphatic carbocycles. The van der Waals surface area contributed by atoms with Crippen molar-refractivity contribution < 1.29 is 14.3 Å². The van der Waals surface area contributed by atoms with Gasteiger partial charge in [-0.05, 0) is 26.0 Å². The summed E-state index contributed by atoms with van der Waals surface area (Å²) >= 11 is 0. The van der Waals surface area contributed by atoms with Crippen LogP contribution in [0.5, 0.6) is 11.5 Å². The number of nitrogens with zero attached hydrogens (tertiary/aromatic N) is 2. The van der Waals surface area contributed by atoms with Crippen molar-refractivity contribution in [1.82, 2.24) is 15.5 Å². The van der Waals surface area contributed by atoms with Crippen molar-refractivity contribution in [3.63, 3.8) is 0 Å². The lowest BCUT2D eigenvalue weighted by Crippen LogP contribution is -2.42. The molecule has 1 aromatic rings. The Hall–Kier alpha value is -2.44. The van der Waals surface area contributed by atoms with Gasteiger partial charge >= 0.3 is 0 Å². The average molecular weight is 336 g/mol. The summed E-state index contributed by atoms with van der Waals surface area (Å²) in [5, 5.41) is 6.28. The lowest BCUT2D eigenvalue weighted by molar-refractivity contribution is -0.127. The van der Waals surface area contributed by atoms with E-state index in [0.29, 0.717) is 19.0 Å².